The zero-order valence-corrected chi connectivity index (χ0v) is 17.4. The number of anilines is 2. The highest BCUT2D eigenvalue weighted by atomic mass is 16.1. The number of fused-ring (bicyclic) bond motifs is 1. The molecule has 2 aromatic carbocycles. The number of carbonyl (C=O) groups excluding carboxylic acids is 1. The molecule has 0 spiro atoms. The molecule has 0 unspecified atom stereocenters. The van der Waals surface area contributed by atoms with E-state index in [2.05, 4.69) is 27.6 Å². The van der Waals surface area contributed by atoms with Gasteiger partial charge in [0.05, 0.1) is 22.5 Å². The molecule has 2 heterocycles. The summed E-state index contributed by atoms with van der Waals surface area (Å²) in [4.78, 5) is 17.4. The van der Waals surface area contributed by atoms with E-state index >= 15 is 0 Å². The van der Waals surface area contributed by atoms with Crippen LogP contribution in [0.25, 0.3) is 22.2 Å². The number of hydrogen-bond acceptors (Lipinski definition) is 4. The topological polar surface area (TPSA) is 71.8 Å². The number of benzene rings is 2. The lowest BCUT2D eigenvalue weighted by Gasteiger charge is -2.16. The van der Waals surface area contributed by atoms with Crippen molar-refractivity contribution >= 4 is 28.2 Å². The largest absolute Gasteiger partial charge is 0.354 e. The van der Waals surface area contributed by atoms with Gasteiger partial charge in [-0.2, -0.15) is 5.10 Å². The number of amides is 1. The predicted octanol–water partition coefficient (Wildman–Crippen LogP) is 5.00. The van der Waals surface area contributed by atoms with E-state index in [1.165, 1.54) is 0 Å². The van der Waals surface area contributed by atoms with Crippen molar-refractivity contribution in [2.75, 3.05) is 5.32 Å². The Balaban J connectivity index is 1.87. The second-order valence-corrected chi connectivity index (χ2v) is 7.45. The minimum Gasteiger partial charge on any atom is -0.354 e. The number of pyridine rings is 1. The first-order valence-corrected chi connectivity index (χ1v) is 10.1. The average Bonchev–Trinajstić information content (AvgIpc) is 3.23. The molecule has 0 atom stereocenters. The minimum atomic E-state index is -0.154. The Kier molecular flexibility index (Phi) is 5.48. The number of para-hydroxylation sites is 1. The lowest BCUT2D eigenvalue weighted by Crippen LogP contribution is -2.30. The van der Waals surface area contributed by atoms with Gasteiger partial charge in [0.1, 0.15) is 0 Å². The van der Waals surface area contributed by atoms with Crippen LogP contribution in [0.2, 0.25) is 0 Å². The second kappa shape index (κ2) is 8.37. The second-order valence-electron chi connectivity index (χ2n) is 7.45. The van der Waals surface area contributed by atoms with Crippen LogP contribution in [-0.2, 0) is 6.54 Å². The molecule has 30 heavy (non-hydrogen) atoms. The molecule has 1 amide bonds. The van der Waals surface area contributed by atoms with Gasteiger partial charge in [0.2, 0.25) is 0 Å². The van der Waals surface area contributed by atoms with Gasteiger partial charge in [-0.15, -0.1) is 0 Å². The van der Waals surface area contributed by atoms with E-state index in [0.717, 1.165) is 40.1 Å². The number of nitrogens with one attached hydrogen (secondary N) is 2. The standard InChI is InChI=1S/C24H25N5O/c1-4-29-13-12-21(28-29)17-10-11-22-19(14-17)23(27-18-8-6-5-7-9-18)20(15-25-22)24(30)26-16(2)3/h5-16H,4H2,1-3H3,(H,25,27)(H,26,30). The van der Waals surface area contributed by atoms with E-state index in [1.54, 1.807) is 6.20 Å². The molecular formula is C24H25N5O. The summed E-state index contributed by atoms with van der Waals surface area (Å²) >= 11 is 0. The zero-order chi connectivity index (χ0) is 21.1. The van der Waals surface area contributed by atoms with Crippen LogP contribution in [0.3, 0.4) is 0 Å². The first kappa shape index (κ1) is 19.6. The summed E-state index contributed by atoms with van der Waals surface area (Å²) in [6.45, 7) is 6.76. The number of hydrogen-bond donors (Lipinski definition) is 2. The maximum absolute atomic E-state index is 12.9. The SMILES string of the molecule is CCn1ccc(-c2ccc3ncc(C(=O)NC(C)C)c(Nc4ccccc4)c3c2)n1. The summed E-state index contributed by atoms with van der Waals surface area (Å²) in [5.41, 5.74) is 4.84. The molecule has 152 valence electrons. The number of nitrogens with zero attached hydrogens (tertiary/aromatic N) is 3. The molecule has 6 heteroatoms. The van der Waals surface area contributed by atoms with Gasteiger partial charge < -0.3 is 10.6 Å². The molecule has 0 saturated carbocycles. The molecule has 2 aromatic heterocycles. The Morgan fingerprint density at radius 2 is 1.90 bits per heavy atom. The van der Waals surface area contributed by atoms with Gasteiger partial charge in [0.25, 0.3) is 5.91 Å². The first-order valence-electron chi connectivity index (χ1n) is 10.1. The highest BCUT2D eigenvalue weighted by Crippen LogP contribution is 2.32. The third-order valence-electron chi connectivity index (χ3n) is 4.84. The number of rotatable bonds is 6. The predicted molar refractivity (Wildman–Crippen MR) is 121 cm³/mol. The monoisotopic (exact) mass is 399 g/mol. The molecule has 4 rings (SSSR count). The summed E-state index contributed by atoms with van der Waals surface area (Å²) in [7, 11) is 0. The molecule has 0 aliphatic carbocycles. The Labute approximate surface area is 176 Å². The number of carbonyl (C=O) groups is 1. The molecule has 4 aromatic rings. The van der Waals surface area contributed by atoms with E-state index in [9.17, 15) is 4.79 Å². The average molecular weight is 399 g/mol. The van der Waals surface area contributed by atoms with Gasteiger partial charge in [0, 0.05) is 41.6 Å². The van der Waals surface area contributed by atoms with Crippen LogP contribution >= 0.6 is 0 Å². The van der Waals surface area contributed by atoms with E-state index in [1.807, 2.05) is 79.3 Å². The van der Waals surface area contributed by atoms with Crippen LogP contribution in [0.4, 0.5) is 11.4 Å². The summed E-state index contributed by atoms with van der Waals surface area (Å²) in [6.07, 6.45) is 3.60. The highest BCUT2D eigenvalue weighted by molar-refractivity contribution is 6.08. The minimum absolute atomic E-state index is 0.0297. The maximum atomic E-state index is 12.9. The molecule has 6 nitrogen and oxygen atoms in total. The first-order chi connectivity index (χ1) is 14.5. The summed E-state index contributed by atoms with van der Waals surface area (Å²) < 4.78 is 1.90. The third kappa shape index (κ3) is 4.03. The lowest BCUT2D eigenvalue weighted by atomic mass is 10.0. The Morgan fingerprint density at radius 1 is 1.10 bits per heavy atom. The van der Waals surface area contributed by atoms with Crippen LogP contribution in [-0.4, -0.2) is 26.7 Å². The molecule has 0 aliphatic heterocycles. The fraction of sp³-hybridized carbons (Fsp3) is 0.208. The number of aromatic nitrogens is 3. The van der Waals surface area contributed by atoms with Gasteiger partial charge in [-0.05, 0) is 51.1 Å². The highest BCUT2D eigenvalue weighted by Gasteiger charge is 2.17. The van der Waals surface area contributed by atoms with Gasteiger partial charge in [-0.25, -0.2) is 0 Å². The van der Waals surface area contributed by atoms with Crippen LogP contribution in [0, 0.1) is 0 Å². The molecule has 0 saturated heterocycles. The fourth-order valence-electron chi connectivity index (χ4n) is 3.36. The normalized spacial score (nSPS) is 11.1. The fourth-order valence-corrected chi connectivity index (χ4v) is 3.36. The van der Waals surface area contributed by atoms with Crippen molar-refractivity contribution in [2.45, 2.75) is 33.4 Å². The van der Waals surface area contributed by atoms with Crippen molar-refractivity contribution in [3.63, 3.8) is 0 Å². The van der Waals surface area contributed by atoms with E-state index in [-0.39, 0.29) is 11.9 Å². The van der Waals surface area contributed by atoms with E-state index in [0.29, 0.717) is 5.56 Å². The van der Waals surface area contributed by atoms with Crippen LogP contribution in [0.1, 0.15) is 31.1 Å². The molecule has 0 bridgehead atoms. The summed E-state index contributed by atoms with van der Waals surface area (Å²) in [5.74, 6) is -0.154. The molecule has 0 fully saturated rings. The molecule has 0 radical (unpaired) electrons. The summed E-state index contributed by atoms with van der Waals surface area (Å²) in [6, 6.07) is 17.9. The Morgan fingerprint density at radius 3 is 2.60 bits per heavy atom. The Bertz CT molecular complexity index is 1180. The van der Waals surface area contributed by atoms with Gasteiger partial charge >= 0.3 is 0 Å². The van der Waals surface area contributed by atoms with Crippen molar-refractivity contribution in [1.82, 2.24) is 20.1 Å². The van der Waals surface area contributed by atoms with Gasteiger partial charge in [-0.1, -0.05) is 24.3 Å². The van der Waals surface area contributed by atoms with Gasteiger partial charge in [-0.3, -0.25) is 14.5 Å². The number of aryl methyl sites for hydroxylation is 1. The van der Waals surface area contributed by atoms with Crippen molar-refractivity contribution in [3.05, 3.63) is 72.6 Å². The van der Waals surface area contributed by atoms with E-state index in [4.69, 9.17) is 0 Å². The van der Waals surface area contributed by atoms with Crippen LogP contribution < -0.4 is 10.6 Å². The van der Waals surface area contributed by atoms with Crippen molar-refractivity contribution in [3.8, 4) is 11.3 Å². The summed E-state index contributed by atoms with van der Waals surface area (Å²) in [5, 5.41) is 11.9. The smallest absolute Gasteiger partial charge is 0.255 e. The maximum Gasteiger partial charge on any atom is 0.255 e. The van der Waals surface area contributed by atoms with Crippen LogP contribution in [0.5, 0.6) is 0 Å². The van der Waals surface area contributed by atoms with Crippen molar-refractivity contribution in [2.24, 2.45) is 0 Å². The van der Waals surface area contributed by atoms with Gasteiger partial charge in [0.15, 0.2) is 0 Å². The lowest BCUT2D eigenvalue weighted by molar-refractivity contribution is 0.0944. The molecule has 0 aliphatic rings. The molecular weight excluding hydrogens is 374 g/mol. The van der Waals surface area contributed by atoms with Crippen molar-refractivity contribution < 1.29 is 4.79 Å². The van der Waals surface area contributed by atoms with E-state index < -0.39 is 0 Å². The van der Waals surface area contributed by atoms with Crippen LogP contribution in [0.15, 0.2) is 67.0 Å². The molecule has 2 N–H and O–H groups in total. The van der Waals surface area contributed by atoms with Crippen molar-refractivity contribution in [1.29, 1.82) is 0 Å². The Hall–Kier alpha value is -3.67. The zero-order valence-electron chi connectivity index (χ0n) is 17.4. The third-order valence-corrected chi connectivity index (χ3v) is 4.84. The quantitative estimate of drug-likeness (QED) is 0.479.